The molecule has 8 heteroatoms. The lowest BCUT2D eigenvalue weighted by Crippen LogP contribution is -2.49. The maximum Gasteiger partial charge on any atom is 0.259 e. The second kappa shape index (κ2) is 10.4. The predicted molar refractivity (Wildman–Crippen MR) is 138 cm³/mol. The number of carbonyl (C=O) groups excluding carboxylic acids is 1. The van der Waals surface area contributed by atoms with Crippen LogP contribution in [-0.4, -0.2) is 54.1 Å². The number of methoxy groups -OCH3 is 1. The van der Waals surface area contributed by atoms with Gasteiger partial charge in [0.05, 0.1) is 12.8 Å². The Kier molecular flexibility index (Phi) is 6.75. The number of rotatable bonds is 6. The van der Waals surface area contributed by atoms with Crippen LogP contribution in [0.4, 0.5) is 21.6 Å². The van der Waals surface area contributed by atoms with Gasteiger partial charge in [0.1, 0.15) is 22.9 Å². The van der Waals surface area contributed by atoms with E-state index >= 15 is 0 Å². The van der Waals surface area contributed by atoms with Gasteiger partial charge in [0.2, 0.25) is 0 Å². The quantitative estimate of drug-likeness (QED) is 0.416. The molecule has 1 fully saturated rings. The van der Waals surface area contributed by atoms with Gasteiger partial charge < -0.3 is 19.9 Å². The Labute approximate surface area is 209 Å². The van der Waals surface area contributed by atoms with E-state index in [1.807, 2.05) is 65.6 Å². The maximum atomic E-state index is 14.2. The summed E-state index contributed by atoms with van der Waals surface area (Å²) in [5, 5.41) is 3.28. The molecule has 0 unspecified atom stereocenters. The summed E-state index contributed by atoms with van der Waals surface area (Å²) in [6, 6.07) is 23.8. The standard InChI is InChI=1S/C28H26FN5O2/c1-36-22-11-7-10-21(18-22)31-27-23(19-30-26(32-27)20-8-3-2-4-9-20)28(35)34-16-14-33(15-17-34)25-13-6-5-12-24(25)29/h2-13,18-19H,14-17H2,1H3,(H,30,31,32). The topological polar surface area (TPSA) is 70.6 Å². The highest BCUT2D eigenvalue weighted by molar-refractivity contribution is 5.99. The van der Waals surface area contributed by atoms with Crippen LogP contribution >= 0.6 is 0 Å². The number of hydrogen-bond donors (Lipinski definition) is 1. The molecule has 0 atom stereocenters. The zero-order chi connectivity index (χ0) is 24.9. The van der Waals surface area contributed by atoms with E-state index in [0.29, 0.717) is 54.8 Å². The number of ether oxygens (including phenoxy) is 1. The summed E-state index contributed by atoms with van der Waals surface area (Å²) in [5.74, 6) is 1.19. The molecule has 1 N–H and O–H groups in total. The molecular formula is C28H26FN5O2. The van der Waals surface area contributed by atoms with E-state index in [2.05, 4.69) is 10.3 Å². The van der Waals surface area contributed by atoms with Crippen molar-refractivity contribution in [2.24, 2.45) is 0 Å². The van der Waals surface area contributed by atoms with E-state index < -0.39 is 0 Å². The number of hydrogen-bond acceptors (Lipinski definition) is 6. The van der Waals surface area contributed by atoms with Crippen molar-refractivity contribution < 1.29 is 13.9 Å². The first kappa shape index (κ1) is 23.3. The first-order valence-electron chi connectivity index (χ1n) is 11.7. The molecule has 36 heavy (non-hydrogen) atoms. The van der Waals surface area contributed by atoms with Crippen molar-refractivity contribution in [1.29, 1.82) is 0 Å². The zero-order valence-corrected chi connectivity index (χ0v) is 19.9. The summed E-state index contributed by atoms with van der Waals surface area (Å²) in [7, 11) is 1.60. The molecule has 0 aliphatic carbocycles. The second-order valence-electron chi connectivity index (χ2n) is 8.41. The van der Waals surface area contributed by atoms with E-state index in [1.54, 1.807) is 30.3 Å². The monoisotopic (exact) mass is 483 g/mol. The Balaban J connectivity index is 1.41. The average Bonchev–Trinajstić information content (AvgIpc) is 2.94. The van der Waals surface area contributed by atoms with Crippen molar-refractivity contribution in [1.82, 2.24) is 14.9 Å². The molecule has 1 aliphatic heterocycles. The number of nitrogens with zero attached hydrogens (tertiary/aromatic N) is 4. The Hall–Kier alpha value is -4.46. The smallest absolute Gasteiger partial charge is 0.259 e. The lowest BCUT2D eigenvalue weighted by Gasteiger charge is -2.36. The van der Waals surface area contributed by atoms with E-state index in [0.717, 1.165) is 11.3 Å². The van der Waals surface area contributed by atoms with Crippen LogP contribution in [0, 0.1) is 5.82 Å². The van der Waals surface area contributed by atoms with E-state index in [-0.39, 0.29) is 11.7 Å². The molecule has 4 aromatic rings. The third kappa shape index (κ3) is 4.98. The predicted octanol–water partition coefficient (Wildman–Crippen LogP) is 5.00. The lowest BCUT2D eigenvalue weighted by atomic mass is 10.1. The van der Waals surface area contributed by atoms with Gasteiger partial charge in [0.25, 0.3) is 5.91 Å². The Morgan fingerprint density at radius 2 is 1.69 bits per heavy atom. The summed E-state index contributed by atoms with van der Waals surface area (Å²) in [6.45, 7) is 2.00. The molecule has 0 saturated carbocycles. The highest BCUT2D eigenvalue weighted by atomic mass is 19.1. The van der Waals surface area contributed by atoms with Gasteiger partial charge in [0, 0.05) is 49.7 Å². The molecule has 3 aromatic carbocycles. The van der Waals surface area contributed by atoms with Gasteiger partial charge in [0.15, 0.2) is 5.82 Å². The maximum absolute atomic E-state index is 14.2. The van der Waals surface area contributed by atoms with Crippen LogP contribution in [0.2, 0.25) is 0 Å². The van der Waals surface area contributed by atoms with Crippen LogP contribution < -0.4 is 15.0 Å². The molecule has 5 rings (SSSR count). The van der Waals surface area contributed by atoms with Gasteiger partial charge in [-0.15, -0.1) is 0 Å². The van der Waals surface area contributed by atoms with Crippen LogP contribution in [0.15, 0.2) is 85.1 Å². The minimum absolute atomic E-state index is 0.173. The summed E-state index contributed by atoms with van der Waals surface area (Å²) in [4.78, 5) is 26.5. The number of carbonyl (C=O) groups is 1. The van der Waals surface area contributed by atoms with Crippen molar-refractivity contribution in [3.63, 3.8) is 0 Å². The Morgan fingerprint density at radius 3 is 2.44 bits per heavy atom. The third-order valence-corrected chi connectivity index (χ3v) is 6.14. The largest absolute Gasteiger partial charge is 0.497 e. The number of para-hydroxylation sites is 1. The number of aromatic nitrogens is 2. The Morgan fingerprint density at radius 1 is 0.944 bits per heavy atom. The van der Waals surface area contributed by atoms with Crippen LogP contribution in [0.1, 0.15) is 10.4 Å². The van der Waals surface area contributed by atoms with Gasteiger partial charge in [-0.05, 0) is 24.3 Å². The molecule has 182 valence electrons. The van der Waals surface area contributed by atoms with Gasteiger partial charge in [-0.3, -0.25) is 4.79 Å². The number of anilines is 3. The van der Waals surface area contributed by atoms with Gasteiger partial charge in [-0.1, -0.05) is 48.5 Å². The minimum atomic E-state index is -0.257. The number of benzene rings is 3. The number of piperazine rings is 1. The Bertz CT molecular complexity index is 1360. The fourth-order valence-corrected chi connectivity index (χ4v) is 4.23. The van der Waals surface area contributed by atoms with E-state index in [1.165, 1.54) is 6.07 Å². The fourth-order valence-electron chi connectivity index (χ4n) is 4.23. The third-order valence-electron chi connectivity index (χ3n) is 6.14. The molecule has 1 aromatic heterocycles. The minimum Gasteiger partial charge on any atom is -0.497 e. The van der Waals surface area contributed by atoms with Gasteiger partial charge in [-0.2, -0.15) is 0 Å². The normalized spacial score (nSPS) is 13.4. The molecular weight excluding hydrogens is 457 g/mol. The van der Waals surface area contributed by atoms with Crippen LogP contribution in [0.25, 0.3) is 11.4 Å². The molecule has 7 nitrogen and oxygen atoms in total. The van der Waals surface area contributed by atoms with Gasteiger partial charge >= 0.3 is 0 Å². The highest BCUT2D eigenvalue weighted by Crippen LogP contribution is 2.27. The first-order chi connectivity index (χ1) is 17.6. The van der Waals surface area contributed by atoms with Crippen molar-refractivity contribution in [3.05, 3.63) is 96.4 Å². The van der Waals surface area contributed by atoms with Crippen LogP contribution in [0.5, 0.6) is 5.75 Å². The van der Waals surface area contributed by atoms with Crippen molar-refractivity contribution >= 4 is 23.1 Å². The SMILES string of the molecule is COc1cccc(Nc2nc(-c3ccccc3)ncc2C(=O)N2CCN(c3ccccc3F)CC2)c1. The number of halogens is 1. The average molecular weight is 484 g/mol. The highest BCUT2D eigenvalue weighted by Gasteiger charge is 2.26. The number of nitrogens with one attached hydrogen (secondary N) is 1. The summed E-state index contributed by atoms with van der Waals surface area (Å²) < 4.78 is 19.6. The van der Waals surface area contributed by atoms with E-state index in [4.69, 9.17) is 9.72 Å². The molecule has 1 aliphatic rings. The van der Waals surface area contributed by atoms with Crippen LogP contribution in [0.3, 0.4) is 0 Å². The first-order valence-corrected chi connectivity index (χ1v) is 11.7. The molecule has 1 amide bonds. The van der Waals surface area contributed by atoms with Gasteiger partial charge in [-0.25, -0.2) is 14.4 Å². The lowest BCUT2D eigenvalue weighted by molar-refractivity contribution is 0.0747. The summed E-state index contributed by atoms with van der Waals surface area (Å²) in [5.41, 5.74) is 2.52. The second-order valence-corrected chi connectivity index (χ2v) is 8.41. The molecule has 1 saturated heterocycles. The van der Waals surface area contributed by atoms with Crippen LogP contribution in [-0.2, 0) is 0 Å². The fraction of sp³-hybridized carbons (Fsp3) is 0.179. The molecule has 0 bridgehead atoms. The zero-order valence-electron chi connectivity index (χ0n) is 19.9. The molecule has 2 heterocycles. The number of amides is 1. The van der Waals surface area contributed by atoms with Crippen molar-refractivity contribution in [3.8, 4) is 17.1 Å². The summed E-state index contributed by atoms with van der Waals surface area (Å²) >= 11 is 0. The molecule has 0 spiro atoms. The molecule has 0 radical (unpaired) electrons. The van der Waals surface area contributed by atoms with Crippen molar-refractivity contribution in [2.75, 3.05) is 43.5 Å². The summed E-state index contributed by atoms with van der Waals surface area (Å²) in [6.07, 6.45) is 1.57. The van der Waals surface area contributed by atoms with E-state index in [9.17, 15) is 9.18 Å². The van der Waals surface area contributed by atoms with Crippen molar-refractivity contribution in [2.45, 2.75) is 0 Å².